The molecule has 2 nitrogen and oxygen atoms in total. The van der Waals surface area contributed by atoms with Crippen molar-refractivity contribution in [3.63, 3.8) is 0 Å². The highest BCUT2D eigenvalue weighted by atomic mass is 15.3. The van der Waals surface area contributed by atoms with Crippen LogP contribution in [0.2, 0.25) is 0 Å². The second kappa shape index (κ2) is 5.55. The molecule has 1 fully saturated rings. The average molecular weight is 166 g/mol. The summed E-state index contributed by atoms with van der Waals surface area (Å²) < 4.78 is 0. The van der Waals surface area contributed by atoms with Gasteiger partial charge in [-0.25, -0.2) is 0 Å². The SMILES string of the molecule is [CH2]C[CH]N1CCN([CH]C[CH2])CC1. The van der Waals surface area contributed by atoms with Crippen LogP contribution in [-0.4, -0.2) is 36.0 Å². The summed E-state index contributed by atoms with van der Waals surface area (Å²) in [4.78, 5) is 4.70. The fraction of sp³-hybridized carbons (Fsp3) is 0.600. The maximum absolute atomic E-state index is 3.81. The molecule has 0 saturated carbocycles. The van der Waals surface area contributed by atoms with E-state index in [1.165, 1.54) is 0 Å². The molecule has 0 N–H and O–H groups in total. The van der Waals surface area contributed by atoms with E-state index < -0.39 is 0 Å². The Morgan fingerprint density at radius 2 is 1.17 bits per heavy atom. The van der Waals surface area contributed by atoms with E-state index >= 15 is 0 Å². The highest BCUT2D eigenvalue weighted by Crippen LogP contribution is 2.07. The van der Waals surface area contributed by atoms with Gasteiger partial charge in [0, 0.05) is 39.3 Å². The Hall–Kier alpha value is -0.0800. The number of hydrogen-bond acceptors (Lipinski definition) is 2. The van der Waals surface area contributed by atoms with E-state index in [0.717, 1.165) is 39.0 Å². The Bertz CT molecular complexity index is 92.4. The van der Waals surface area contributed by atoms with Crippen LogP contribution in [0.3, 0.4) is 0 Å². The topological polar surface area (TPSA) is 6.48 Å². The molecule has 4 radical (unpaired) electrons. The average Bonchev–Trinajstić information content (AvgIpc) is 2.09. The Balaban J connectivity index is 2.11. The molecular weight excluding hydrogens is 148 g/mol. The Morgan fingerprint density at radius 1 is 0.833 bits per heavy atom. The third kappa shape index (κ3) is 3.11. The Kier molecular flexibility index (Phi) is 4.62. The normalized spacial score (nSPS) is 21.5. The lowest BCUT2D eigenvalue weighted by atomic mass is 10.3. The van der Waals surface area contributed by atoms with Gasteiger partial charge in [0.2, 0.25) is 0 Å². The van der Waals surface area contributed by atoms with Gasteiger partial charge >= 0.3 is 0 Å². The smallest absolute Gasteiger partial charge is 0.0252 e. The summed E-state index contributed by atoms with van der Waals surface area (Å²) in [5.74, 6) is 0. The quantitative estimate of drug-likeness (QED) is 0.622. The van der Waals surface area contributed by atoms with Crippen molar-refractivity contribution in [1.82, 2.24) is 9.80 Å². The van der Waals surface area contributed by atoms with Gasteiger partial charge < -0.3 is 0 Å². The molecule has 1 saturated heterocycles. The van der Waals surface area contributed by atoms with E-state index in [1.807, 2.05) is 0 Å². The molecule has 0 bridgehead atoms. The first kappa shape index (κ1) is 10.0. The van der Waals surface area contributed by atoms with Crippen molar-refractivity contribution in [3.8, 4) is 0 Å². The number of hydrogen-bond donors (Lipinski definition) is 0. The summed E-state index contributed by atoms with van der Waals surface area (Å²) in [5, 5.41) is 0. The van der Waals surface area contributed by atoms with Gasteiger partial charge in [0.05, 0.1) is 0 Å². The van der Waals surface area contributed by atoms with Gasteiger partial charge in [-0.3, -0.25) is 9.80 Å². The van der Waals surface area contributed by atoms with E-state index in [9.17, 15) is 0 Å². The molecule has 12 heavy (non-hydrogen) atoms. The van der Waals surface area contributed by atoms with Gasteiger partial charge in [0.15, 0.2) is 0 Å². The predicted molar refractivity (Wildman–Crippen MR) is 51.7 cm³/mol. The largest absolute Gasteiger partial charge is 0.296 e. The van der Waals surface area contributed by atoms with Crippen molar-refractivity contribution in [3.05, 3.63) is 26.9 Å². The monoisotopic (exact) mass is 166 g/mol. The molecule has 68 valence electrons. The molecular formula is C10H18N2. The highest BCUT2D eigenvalue weighted by Gasteiger charge is 2.14. The second-order valence-corrected chi connectivity index (χ2v) is 3.01. The highest BCUT2D eigenvalue weighted by molar-refractivity contribution is 4.81. The Morgan fingerprint density at radius 3 is 1.42 bits per heavy atom. The molecule has 0 aromatic carbocycles. The van der Waals surface area contributed by atoms with Crippen molar-refractivity contribution in [2.75, 3.05) is 26.2 Å². The molecule has 0 aromatic rings. The molecule has 1 heterocycles. The molecule has 1 aliphatic rings. The fourth-order valence-electron chi connectivity index (χ4n) is 1.47. The van der Waals surface area contributed by atoms with Crippen molar-refractivity contribution < 1.29 is 0 Å². The van der Waals surface area contributed by atoms with E-state index in [0.29, 0.717) is 0 Å². The summed E-state index contributed by atoms with van der Waals surface area (Å²) in [5.41, 5.74) is 0. The lowest BCUT2D eigenvalue weighted by Gasteiger charge is -2.33. The molecule has 0 aromatic heterocycles. The van der Waals surface area contributed by atoms with Crippen LogP contribution in [0.4, 0.5) is 0 Å². The van der Waals surface area contributed by atoms with E-state index in [-0.39, 0.29) is 0 Å². The first-order chi connectivity index (χ1) is 5.86. The zero-order valence-corrected chi connectivity index (χ0v) is 7.71. The summed E-state index contributed by atoms with van der Waals surface area (Å²) in [7, 11) is 0. The van der Waals surface area contributed by atoms with Crippen molar-refractivity contribution in [2.45, 2.75) is 12.8 Å². The number of nitrogens with zero attached hydrogens (tertiary/aromatic N) is 2. The van der Waals surface area contributed by atoms with E-state index in [1.54, 1.807) is 0 Å². The van der Waals surface area contributed by atoms with Crippen LogP contribution in [0.25, 0.3) is 0 Å². The summed E-state index contributed by atoms with van der Waals surface area (Å²) in [6.07, 6.45) is 1.80. The molecule has 1 rings (SSSR count). The molecule has 0 aliphatic carbocycles. The third-order valence-electron chi connectivity index (χ3n) is 2.12. The molecule has 0 spiro atoms. The minimum absolute atomic E-state index is 0.902. The van der Waals surface area contributed by atoms with Crippen molar-refractivity contribution in [2.24, 2.45) is 0 Å². The lowest BCUT2D eigenvalue weighted by molar-refractivity contribution is 0.180. The zero-order valence-electron chi connectivity index (χ0n) is 7.71. The van der Waals surface area contributed by atoms with Crippen LogP contribution >= 0.6 is 0 Å². The zero-order chi connectivity index (χ0) is 8.81. The van der Waals surface area contributed by atoms with Gasteiger partial charge in [-0.05, 0) is 12.8 Å². The minimum atomic E-state index is 0.902. The minimum Gasteiger partial charge on any atom is -0.296 e. The van der Waals surface area contributed by atoms with Crippen LogP contribution < -0.4 is 0 Å². The van der Waals surface area contributed by atoms with Gasteiger partial charge in [0.25, 0.3) is 0 Å². The number of rotatable bonds is 4. The van der Waals surface area contributed by atoms with Crippen LogP contribution in [0.15, 0.2) is 0 Å². The molecule has 1 aliphatic heterocycles. The van der Waals surface area contributed by atoms with Crippen LogP contribution in [0.1, 0.15) is 12.8 Å². The fourth-order valence-corrected chi connectivity index (χ4v) is 1.47. The third-order valence-corrected chi connectivity index (χ3v) is 2.12. The van der Waals surface area contributed by atoms with Crippen LogP contribution in [-0.2, 0) is 0 Å². The molecule has 0 atom stereocenters. The predicted octanol–water partition coefficient (Wildman–Crippen LogP) is 1.38. The first-order valence-electron chi connectivity index (χ1n) is 4.60. The van der Waals surface area contributed by atoms with Crippen molar-refractivity contribution in [1.29, 1.82) is 0 Å². The van der Waals surface area contributed by atoms with Gasteiger partial charge in [0.1, 0.15) is 0 Å². The molecule has 0 amide bonds. The lowest BCUT2D eigenvalue weighted by Crippen LogP contribution is -2.43. The first-order valence-corrected chi connectivity index (χ1v) is 4.60. The van der Waals surface area contributed by atoms with E-state index in [4.69, 9.17) is 0 Å². The maximum Gasteiger partial charge on any atom is 0.0252 e. The van der Waals surface area contributed by atoms with Gasteiger partial charge in [-0.1, -0.05) is 13.8 Å². The molecule has 2 heteroatoms. The standard InChI is InChI=1S/C10H18N2/c1-3-5-11-7-9-12(6-4-2)10-8-11/h5-6H,1-4,7-10H2. The number of piperazine rings is 1. The maximum atomic E-state index is 3.81. The summed E-state index contributed by atoms with van der Waals surface area (Å²) in [6, 6.07) is 0. The van der Waals surface area contributed by atoms with Gasteiger partial charge in [-0.15, -0.1) is 0 Å². The van der Waals surface area contributed by atoms with Crippen LogP contribution in [0, 0.1) is 26.9 Å². The van der Waals surface area contributed by atoms with Crippen LogP contribution in [0.5, 0.6) is 0 Å². The summed E-state index contributed by atoms with van der Waals surface area (Å²) in [6.45, 7) is 16.5. The van der Waals surface area contributed by atoms with Gasteiger partial charge in [-0.2, -0.15) is 0 Å². The van der Waals surface area contributed by atoms with Crippen molar-refractivity contribution >= 4 is 0 Å². The summed E-state index contributed by atoms with van der Waals surface area (Å²) >= 11 is 0. The second-order valence-electron chi connectivity index (χ2n) is 3.01. The van der Waals surface area contributed by atoms with E-state index in [2.05, 4.69) is 36.7 Å². The Labute approximate surface area is 76.5 Å². The molecule has 0 unspecified atom stereocenters.